The molecule has 128 valence electrons. The van der Waals surface area contributed by atoms with Crippen molar-refractivity contribution in [3.05, 3.63) is 29.8 Å². The maximum Gasteiger partial charge on any atom is 0.239 e. The largest absolute Gasteiger partial charge is 0.368 e. The molecule has 23 heavy (non-hydrogen) atoms. The van der Waals surface area contributed by atoms with Gasteiger partial charge in [0.1, 0.15) is 9.84 Å². The van der Waals surface area contributed by atoms with Crippen LogP contribution in [-0.4, -0.2) is 63.5 Å². The molecule has 6 nitrogen and oxygen atoms in total. The zero-order valence-corrected chi connectivity index (χ0v) is 14.6. The number of aryl methyl sites for hydroxylation is 1. The molecular formula is C16H25N3O3S. The van der Waals surface area contributed by atoms with Crippen molar-refractivity contribution < 1.29 is 13.2 Å². The summed E-state index contributed by atoms with van der Waals surface area (Å²) in [6.45, 7) is 4.82. The standard InChI is InChI=1S/C16H25N3O3S/c1-13-5-3-4-6-15(13)18-8-10-19(11-9-18)16(20)14(17)7-12-23(2,21)22/h3-6,14H,7-12,17H2,1-2H3. The first-order valence-electron chi connectivity index (χ1n) is 7.80. The molecule has 0 saturated carbocycles. The second kappa shape index (κ2) is 7.31. The van der Waals surface area contributed by atoms with Crippen LogP contribution in [0.3, 0.4) is 0 Å². The van der Waals surface area contributed by atoms with Crippen LogP contribution in [0.2, 0.25) is 0 Å². The van der Waals surface area contributed by atoms with Crippen molar-refractivity contribution in [3.8, 4) is 0 Å². The predicted molar refractivity (Wildman–Crippen MR) is 92.3 cm³/mol. The smallest absolute Gasteiger partial charge is 0.239 e. The molecule has 1 atom stereocenters. The fraction of sp³-hybridized carbons (Fsp3) is 0.562. The Hall–Kier alpha value is -1.60. The number of para-hydroxylation sites is 1. The molecule has 0 bridgehead atoms. The van der Waals surface area contributed by atoms with Crippen LogP contribution in [0.15, 0.2) is 24.3 Å². The van der Waals surface area contributed by atoms with E-state index in [0.29, 0.717) is 13.1 Å². The monoisotopic (exact) mass is 339 g/mol. The Kier molecular flexibility index (Phi) is 5.64. The number of carbonyl (C=O) groups is 1. The lowest BCUT2D eigenvalue weighted by atomic mass is 10.1. The van der Waals surface area contributed by atoms with Gasteiger partial charge in [-0.1, -0.05) is 18.2 Å². The van der Waals surface area contributed by atoms with Crippen molar-refractivity contribution in [1.82, 2.24) is 4.90 Å². The fourth-order valence-electron chi connectivity index (χ4n) is 2.78. The molecule has 1 aromatic carbocycles. The number of nitrogens with zero attached hydrogens (tertiary/aromatic N) is 2. The van der Waals surface area contributed by atoms with Crippen LogP contribution in [0.4, 0.5) is 5.69 Å². The van der Waals surface area contributed by atoms with E-state index in [1.54, 1.807) is 4.90 Å². The molecular weight excluding hydrogens is 314 g/mol. The summed E-state index contributed by atoms with van der Waals surface area (Å²) in [6, 6.07) is 7.45. The van der Waals surface area contributed by atoms with E-state index in [0.717, 1.165) is 19.3 Å². The van der Waals surface area contributed by atoms with Crippen molar-refractivity contribution >= 4 is 21.4 Å². The summed E-state index contributed by atoms with van der Waals surface area (Å²) in [5.74, 6) is -0.207. The highest BCUT2D eigenvalue weighted by Crippen LogP contribution is 2.21. The summed E-state index contributed by atoms with van der Waals surface area (Å²) in [5, 5.41) is 0. The SMILES string of the molecule is Cc1ccccc1N1CCN(C(=O)C(N)CCS(C)(=O)=O)CC1. The Morgan fingerprint density at radius 3 is 2.39 bits per heavy atom. The van der Waals surface area contributed by atoms with Crippen LogP contribution < -0.4 is 10.6 Å². The lowest BCUT2D eigenvalue weighted by Crippen LogP contribution is -2.53. The maximum atomic E-state index is 12.3. The zero-order valence-electron chi connectivity index (χ0n) is 13.7. The fourth-order valence-corrected chi connectivity index (χ4v) is 3.47. The molecule has 1 aliphatic heterocycles. The molecule has 0 radical (unpaired) electrons. The molecule has 1 saturated heterocycles. The van der Waals surface area contributed by atoms with Crippen LogP contribution in [0.1, 0.15) is 12.0 Å². The Bertz CT molecular complexity index is 652. The minimum absolute atomic E-state index is 0.0525. The third-order valence-electron chi connectivity index (χ3n) is 4.16. The van der Waals surface area contributed by atoms with Gasteiger partial charge in [-0.05, 0) is 25.0 Å². The first-order valence-corrected chi connectivity index (χ1v) is 9.86. The summed E-state index contributed by atoms with van der Waals surface area (Å²) in [6.07, 6.45) is 1.33. The number of carbonyl (C=O) groups excluding carboxylic acids is 1. The van der Waals surface area contributed by atoms with Crippen molar-refractivity contribution in [1.29, 1.82) is 0 Å². The van der Waals surface area contributed by atoms with E-state index in [1.165, 1.54) is 11.3 Å². The van der Waals surface area contributed by atoms with Gasteiger partial charge in [0.05, 0.1) is 11.8 Å². The summed E-state index contributed by atoms with van der Waals surface area (Å²) in [4.78, 5) is 16.3. The second-order valence-electron chi connectivity index (χ2n) is 6.12. The van der Waals surface area contributed by atoms with Crippen molar-refractivity contribution in [2.75, 3.05) is 43.1 Å². The third-order valence-corrected chi connectivity index (χ3v) is 5.14. The highest BCUT2D eigenvalue weighted by Gasteiger charge is 2.26. The summed E-state index contributed by atoms with van der Waals surface area (Å²) < 4.78 is 22.4. The van der Waals surface area contributed by atoms with Gasteiger partial charge >= 0.3 is 0 Å². The van der Waals surface area contributed by atoms with Crippen LogP contribution in [0.5, 0.6) is 0 Å². The van der Waals surface area contributed by atoms with Crippen molar-refractivity contribution in [3.63, 3.8) is 0 Å². The molecule has 7 heteroatoms. The Balaban J connectivity index is 1.89. The molecule has 1 unspecified atom stereocenters. The number of anilines is 1. The number of hydrogen-bond donors (Lipinski definition) is 1. The van der Waals surface area contributed by atoms with Gasteiger partial charge in [0.15, 0.2) is 0 Å². The molecule has 1 aliphatic rings. The molecule has 0 aliphatic carbocycles. The van der Waals surface area contributed by atoms with Gasteiger partial charge in [0, 0.05) is 38.1 Å². The molecule has 1 amide bonds. The summed E-state index contributed by atoms with van der Waals surface area (Å²) in [5.41, 5.74) is 8.27. The molecule has 1 fully saturated rings. The molecule has 0 spiro atoms. The van der Waals surface area contributed by atoms with Gasteiger partial charge in [-0.2, -0.15) is 0 Å². The van der Waals surface area contributed by atoms with Gasteiger partial charge in [0.2, 0.25) is 5.91 Å². The van der Waals surface area contributed by atoms with E-state index in [9.17, 15) is 13.2 Å². The number of nitrogens with two attached hydrogens (primary N) is 1. The first kappa shape index (κ1) is 17.7. The zero-order chi connectivity index (χ0) is 17.0. The van der Waals surface area contributed by atoms with Gasteiger partial charge < -0.3 is 15.5 Å². The average Bonchev–Trinajstić information content (AvgIpc) is 2.52. The molecule has 1 aromatic rings. The predicted octanol–water partition coefficient (Wildman–Crippen LogP) is 0.406. The summed E-state index contributed by atoms with van der Waals surface area (Å²) >= 11 is 0. The maximum absolute atomic E-state index is 12.3. The molecule has 1 heterocycles. The minimum atomic E-state index is -3.09. The summed E-state index contributed by atoms with van der Waals surface area (Å²) in [7, 11) is -3.09. The second-order valence-corrected chi connectivity index (χ2v) is 8.38. The third kappa shape index (κ3) is 4.94. The first-order chi connectivity index (χ1) is 10.8. The Morgan fingerprint density at radius 1 is 1.22 bits per heavy atom. The molecule has 2 rings (SSSR count). The normalized spacial score (nSPS) is 17.2. The topological polar surface area (TPSA) is 83.7 Å². The number of rotatable bonds is 5. The number of sulfone groups is 1. The van der Waals surface area contributed by atoms with E-state index < -0.39 is 15.9 Å². The van der Waals surface area contributed by atoms with Crippen LogP contribution in [0, 0.1) is 6.92 Å². The van der Waals surface area contributed by atoms with Crippen LogP contribution >= 0.6 is 0 Å². The number of amides is 1. The van der Waals surface area contributed by atoms with Crippen molar-refractivity contribution in [2.45, 2.75) is 19.4 Å². The van der Waals surface area contributed by atoms with E-state index in [2.05, 4.69) is 24.0 Å². The average molecular weight is 339 g/mol. The Labute approximate surface area is 138 Å². The molecule has 2 N–H and O–H groups in total. The molecule has 0 aromatic heterocycles. The lowest BCUT2D eigenvalue weighted by molar-refractivity contribution is -0.132. The highest BCUT2D eigenvalue weighted by molar-refractivity contribution is 7.90. The number of hydrogen-bond acceptors (Lipinski definition) is 5. The van der Waals surface area contributed by atoms with Gasteiger partial charge in [-0.3, -0.25) is 4.79 Å². The highest BCUT2D eigenvalue weighted by atomic mass is 32.2. The minimum Gasteiger partial charge on any atom is -0.368 e. The van der Waals surface area contributed by atoms with Crippen LogP contribution in [0.25, 0.3) is 0 Å². The van der Waals surface area contributed by atoms with Crippen LogP contribution in [-0.2, 0) is 14.6 Å². The van der Waals surface area contributed by atoms with Gasteiger partial charge in [-0.25, -0.2) is 8.42 Å². The lowest BCUT2D eigenvalue weighted by Gasteiger charge is -2.37. The van der Waals surface area contributed by atoms with E-state index in [1.807, 2.05) is 12.1 Å². The van der Waals surface area contributed by atoms with E-state index in [-0.39, 0.29) is 18.1 Å². The quantitative estimate of drug-likeness (QED) is 0.840. The Morgan fingerprint density at radius 2 is 1.83 bits per heavy atom. The van der Waals surface area contributed by atoms with E-state index in [4.69, 9.17) is 5.73 Å². The van der Waals surface area contributed by atoms with Crippen molar-refractivity contribution in [2.24, 2.45) is 5.73 Å². The van der Waals surface area contributed by atoms with E-state index >= 15 is 0 Å². The van der Waals surface area contributed by atoms with Gasteiger partial charge in [0.25, 0.3) is 0 Å². The number of benzene rings is 1. The van der Waals surface area contributed by atoms with Gasteiger partial charge in [-0.15, -0.1) is 0 Å². The number of piperazine rings is 1.